The van der Waals surface area contributed by atoms with Gasteiger partial charge in [0, 0.05) is 11.6 Å². The fourth-order valence-electron chi connectivity index (χ4n) is 1.72. The summed E-state index contributed by atoms with van der Waals surface area (Å²) in [5.41, 5.74) is 1.49. The lowest BCUT2D eigenvalue weighted by Crippen LogP contribution is -2.23. The summed E-state index contributed by atoms with van der Waals surface area (Å²) < 4.78 is 6.67. The van der Waals surface area contributed by atoms with Crippen LogP contribution in [0.4, 0.5) is 0 Å². The molecule has 0 saturated carbocycles. The van der Waals surface area contributed by atoms with Gasteiger partial charge < -0.3 is 4.74 Å². The molecule has 0 radical (unpaired) electrons. The third-order valence-corrected chi connectivity index (χ3v) is 2.69. The van der Waals surface area contributed by atoms with E-state index in [4.69, 9.17) is 4.74 Å². The van der Waals surface area contributed by atoms with Crippen molar-refractivity contribution < 1.29 is 4.74 Å². The van der Waals surface area contributed by atoms with Crippen LogP contribution in [0.2, 0.25) is 0 Å². The van der Waals surface area contributed by atoms with E-state index in [1.54, 1.807) is 6.20 Å². The molecule has 1 aromatic carbocycles. The summed E-state index contributed by atoms with van der Waals surface area (Å²) in [5.74, 6) is 0.471. The highest BCUT2D eigenvalue weighted by Gasteiger charge is 2.04. The van der Waals surface area contributed by atoms with Crippen LogP contribution in [0.25, 0.3) is 5.76 Å². The fourth-order valence-corrected chi connectivity index (χ4v) is 1.72. The van der Waals surface area contributed by atoms with E-state index < -0.39 is 0 Å². The summed E-state index contributed by atoms with van der Waals surface area (Å²) in [7, 11) is 0. The Balaban J connectivity index is 2.21. The van der Waals surface area contributed by atoms with E-state index in [0.717, 1.165) is 5.56 Å². The molecule has 0 atom stereocenters. The normalized spacial score (nSPS) is 10.2. The highest BCUT2D eigenvalue weighted by molar-refractivity contribution is 5.55. The van der Waals surface area contributed by atoms with E-state index in [1.165, 1.54) is 10.7 Å². The molecule has 0 saturated heterocycles. The van der Waals surface area contributed by atoms with Crippen molar-refractivity contribution in [2.45, 2.75) is 13.5 Å². The molecule has 0 fully saturated rings. The maximum Gasteiger partial charge on any atom is 0.267 e. The number of hydrogen-bond donors (Lipinski definition) is 0. The topological polar surface area (TPSA) is 44.1 Å². The number of aromatic nitrogens is 2. The lowest BCUT2D eigenvalue weighted by molar-refractivity contribution is 0.299. The molecule has 0 N–H and O–H groups in total. The molecule has 0 aliphatic carbocycles. The predicted octanol–water partition coefficient (Wildman–Crippen LogP) is 2.30. The quantitative estimate of drug-likeness (QED) is 0.771. The van der Waals surface area contributed by atoms with Crippen molar-refractivity contribution in [1.29, 1.82) is 0 Å². The molecule has 2 rings (SSSR count). The summed E-state index contributed by atoms with van der Waals surface area (Å²) in [5, 5.41) is 4.14. The van der Waals surface area contributed by atoms with Gasteiger partial charge in [-0.05, 0) is 12.5 Å². The predicted molar refractivity (Wildman–Crippen MR) is 74.7 cm³/mol. The Morgan fingerprint density at radius 1 is 1.37 bits per heavy atom. The van der Waals surface area contributed by atoms with Gasteiger partial charge in [-0.15, -0.1) is 0 Å². The van der Waals surface area contributed by atoms with Crippen LogP contribution in [0.5, 0.6) is 0 Å². The Labute approximate surface area is 112 Å². The Hall–Kier alpha value is -2.36. The zero-order valence-corrected chi connectivity index (χ0v) is 10.9. The van der Waals surface area contributed by atoms with Crippen molar-refractivity contribution in [1.82, 2.24) is 9.78 Å². The van der Waals surface area contributed by atoms with E-state index in [-0.39, 0.29) is 5.56 Å². The molecular formula is C15H16N2O2. The number of benzene rings is 1. The zero-order chi connectivity index (χ0) is 13.7. The monoisotopic (exact) mass is 256 g/mol. The first-order valence-electron chi connectivity index (χ1n) is 6.14. The third-order valence-electron chi connectivity index (χ3n) is 2.69. The minimum absolute atomic E-state index is 0.165. The minimum atomic E-state index is -0.165. The molecule has 0 aliphatic heterocycles. The van der Waals surface area contributed by atoms with E-state index >= 15 is 0 Å². The highest BCUT2D eigenvalue weighted by atomic mass is 16.5. The number of nitrogens with zero attached hydrogens (tertiary/aromatic N) is 2. The van der Waals surface area contributed by atoms with Gasteiger partial charge in [-0.3, -0.25) is 4.79 Å². The van der Waals surface area contributed by atoms with E-state index in [9.17, 15) is 4.79 Å². The van der Waals surface area contributed by atoms with Gasteiger partial charge in [-0.25, -0.2) is 4.68 Å². The summed E-state index contributed by atoms with van der Waals surface area (Å²) >= 11 is 0. The fraction of sp³-hybridized carbons (Fsp3) is 0.200. The first-order chi connectivity index (χ1) is 9.20. The Morgan fingerprint density at radius 3 is 2.74 bits per heavy atom. The molecule has 19 heavy (non-hydrogen) atoms. The Morgan fingerprint density at radius 2 is 2.11 bits per heavy atom. The van der Waals surface area contributed by atoms with Crippen molar-refractivity contribution in [3.05, 3.63) is 70.7 Å². The van der Waals surface area contributed by atoms with E-state index in [0.29, 0.717) is 24.5 Å². The molecule has 0 unspecified atom stereocenters. The molecule has 4 nitrogen and oxygen atoms in total. The standard InChI is InChI=1S/C15H16N2O2/c1-3-19-12(2)14-9-15(18)17(16-10-14)11-13-7-5-4-6-8-13/h4-10H,2-3,11H2,1H3. The van der Waals surface area contributed by atoms with Crippen LogP contribution in [0.15, 0.2) is 54.0 Å². The van der Waals surface area contributed by atoms with Crippen LogP contribution in [0.3, 0.4) is 0 Å². The Kier molecular flexibility index (Phi) is 4.13. The van der Waals surface area contributed by atoms with Crippen molar-refractivity contribution >= 4 is 5.76 Å². The van der Waals surface area contributed by atoms with E-state index in [1.807, 2.05) is 37.3 Å². The van der Waals surface area contributed by atoms with Crippen molar-refractivity contribution in [2.75, 3.05) is 6.61 Å². The van der Waals surface area contributed by atoms with Gasteiger partial charge in [-0.1, -0.05) is 36.9 Å². The van der Waals surface area contributed by atoms with Gasteiger partial charge >= 0.3 is 0 Å². The highest BCUT2D eigenvalue weighted by Crippen LogP contribution is 2.09. The SMILES string of the molecule is C=C(OCC)c1cnn(Cc2ccccc2)c(=O)c1. The molecule has 0 amide bonds. The molecule has 1 aromatic heterocycles. The second-order valence-electron chi connectivity index (χ2n) is 4.08. The summed E-state index contributed by atoms with van der Waals surface area (Å²) in [6.07, 6.45) is 1.60. The van der Waals surface area contributed by atoms with Crippen LogP contribution < -0.4 is 5.56 Å². The number of hydrogen-bond acceptors (Lipinski definition) is 3. The van der Waals surface area contributed by atoms with Gasteiger partial charge in [0.25, 0.3) is 5.56 Å². The van der Waals surface area contributed by atoms with Crippen LogP contribution in [-0.4, -0.2) is 16.4 Å². The average molecular weight is 256 g/mol. The molecule has 0 bridgehead atoms. The smallest absolute Gasteiger partial charge is 0.267 e. The zero-order valence-electron chi connectivity index (χ0n) is 10.9. The number of rotatable bonds is 5. The molecule has 0 spiro atoms. The molecule has 98 valence electrons. The van der Waals surface area contributed by atoms with Gasteiger partial charge in [0.2, 0.25) is 0 Å². The first kappa shape index (κ1) is 13.1. The third kappa shape index (κ3) is 3.31. The van der Waals surface area contributed by atoms with Crippen LogP contribution in [0.1, 0.15) is 18.1 Å². The lowest BCUT2D eigenvalue weighted by Gasteiger charge is -2.08. The maximum absolute atomic E-state index is 12.0. The van der Waals surface area contributed by atoms with Gasteiger partial charge in [0.05, 0.1) is 19.3 Å². The molecule has 4 heteroatoms. The average Bonchev–Trinajstić information content (AvgIpc) is 2.42. The van der Waals surface area contributed by atoms with Gasteiger partial charge in [0.15, 0.2) is 0 Å². The van der Waals surface area contributed by atoms with Crippen molar-refractivity contribution in [3.8, 4) is 0 Å². The maximum atomic E-state index is 12.0. The Bertz CT molecular complexity index is 618. The van der Waals surface area contributed by atoms with Gasteiger partial charge in [-0.2, -0.15) is 5.10 Å². The lowest BCUT2D eigenvalue weighted by atomic mass is 10.2. The first-order valence-corrected chi connectivity index (χ1v) is 6.14. The second-order valence-corrected chi connectivity index (χ2v) is 4.08. The number of ether oxygens (including phenoxy) is 1. The molecule has 1 heterocycles. The molecule has 2 aromatic rings. The van der Waals surface area contributed by atoms with E-state index in [2.05, 4.69) is 11.7 Å². The largest absolute Gasteiger partial charge is 0.494 e. The van der Waals surface area contributed by atoms with Crippen LogP contribution in [-0.2, 0) is 11.3 Å². The summed E-state index contributed by atoms with van der Waals surface area (Å²) in [4.78, 5) is 12.0. The molecular weight excluding hydrogens is 240 g/mol. The van der Waals surface area contributed by atoms with Crippen LogP contribution >= 0.6 is 0 Å². The summed E-state index contributed by atoms with van der Waals surface area (Å²) in [6.45, 7) is 6.61. The minimum Gasteiger partial charge on any atom is -0.494 e. The van der Waals surface area contributed by atoms with Crippen LogP contribution in [0, 0.1) is 0 Å². The second kappa shape index (κ2) is 6.00. The summed E-state index contributed by atoms with van der Waals surface area (Å²) in [6, 6.07) is 11.2. The van der Waals surface area contributed by atoms with Crippen molar-refractivity contribution in [2.24, 2.45) is 0 Å². The molecule has 0 aliphatic rings. The van der Waals surface area contributed by atoms with Gasteiger partial charge in [0.1, 0.15) is 5.76 Å². The van der Waals surface area contributed by atoms with Crippen molar-refractivity contribution in [3.63, 3.8) is 0 Å².